The van der Waals surface area contributed by atoms with Crippen LogP contribution in [-0.4, -0.2) is 31.9 Å². The molecule has 0 fully saturated rings. The van der Waals surface area contributed by atoms with Crippen LogP contribution in [0.3, 0.4) is 0 Å². The molecule has 0 saturated carbocycles. The summed E-state index contributed by atoms with van der Waals surface area (Å²) in [7, 11) is 0. The van der Waals surface area contributed by atoms with Gasteiger partial charge in [0.1, 0.15) is 5.75 Å². The van der Waals surface area contributed by atoms with Crippen LogP contribution in [0.15, 0.2) is 42.5 Å². The van der Waals surface area contributed by atoms with E-state index >= 15 is 0 Å². The first kappa shape index (κ1) is 18.6. The topological polar surface area (TPSA) is 83.1 Å². The van der Waals surface area contributed by atoms with E-state index in [-0.39, 0.29) is 19.8 Å². The summed E-state index contributed by atoms with van der Waals surface area (Å²) in [5.74, 6) is 1.10. The third kappa shape index (κ3) is 5.64. The number of amides is 1. The maximum Gasteiger partial charge on any atom is 0.306 e. The van der Waals surface area contributed by atoms with E-state index in [1.807, 2.05) is 31.2 Å². The average molecular weight is 371 g/mol. The summed E-state index contributed by atoms with van der Waals surface area (Å²) in [5, 5.41) is 2.64. The number of esters is 1. The monoisotopic (exact) mass is 371 g/mol. The summed E-state index contributed by atoms with van der Waals surface area (Å²) in [4.78, 5) is 23.6. The quantitative estimate of drug-likeness (QED) is 0.567. The number of hydrogen-bond acceptors (Lipinski definition) is 6. The molecular weight excluding hydrogens is 350 g/mol. The van der Waals surface area contributed by atoms with Gasteiger partial charge in [0, 0.05) is 18.2 Å². The predicted molar refractivity (Wildman–Crippen MR) is 98.1 cm³/mol. The Hall–Kier alpha value is -3.22. The third-order valence-corrected chi connectivity index (χ3v) is 3.84. The van der Waals surface area contributed by atoms with Crippen molar-refractivity contribution in [3.05, 3.63) is 48.0 Å². The molecule has 0 aromatic heterocycles. The number of carbonyl (C=O) groups is 2. The first-order chi connectivity index (χ1) is 13.1. The van der Waals surface area contributed by atoms with Gasteiger partial charge in [-0.05, 0) is 37.6 Å². The van der Waals surface area contributed by atoms with Gasteiger partial charge in [-0.1, -0.05) is 17.7 Å². The molecule has 0 aliphatic carbocycles. The fourth-order valence-corrected chi connectivity index (χ4v) is 2.43. The minimum Gasteiger partial charge on any atom is -0.494 e. The van der Waals surface area contributed by atoms with Crippen LogP contribution >= 0.6 is 0 Å². The lowest BCUT2D eigenvalue weighted by Gasteiger charge is -2.08. The lowest BCUT2D eigenvalue weighted by molar-refractivity contribution is -0.147. The van der Waals surface area contributed by atoms with Gasteiger partial charge in [0.15, 0.2) is 18.1 Å². The molecule has 0 atom stereocenters. The van der Waals surface area contributed by atoms with Crippen molar-refractivity contribution >= 4 is 17.6 Å². The molecular formula is C20H21NO6. The maximum atomic E-state index is 11.9. The van der Waals surface area contributed by atoms with Crippen molar-refractivity contribution in [3.63, 3.8) is 0 Å². The third-order valence-electron chi connectivity index (χ3n) is 3.84. The fraction of sp³-hybridized carbons (Fsp3) is 0.300. The molecule has 2 aromatic rings. The van der Waals surface area contributed by atoms with Gasteiger partial charge in [0.25, 0.3) is 5.91 Å². The zero-order valence-electron chi connectivity index (χ0n) is 15.0. The van der Waals surface area contributed by atoms with E-state index in [9.17, 15) is 9.59 Å². The number of nitrogens with one attached hydrogen (secondary N) is 1. The van der Waals surface area contributed by atoms with E-state index in [1.165, 1.54) is 0 Å². The Morgan fingerprint density at radius 1 is 1.07 bits per heavy atom. The SMILES string of the molecule is Cc1ccc(OCCCC(=O)OCC(=O)Nc2ccc3c(c2)OCO3)cc1. The van der Waals surface area contributed by atoms with Crippen LogP contribution < -0.4 is 19.5 Å². The molecule has 2 aromatic carbocycles. The number of fused-ring (bicyclic) bond motifs is 1. The minimum atomic E-state index is -0.441. The first-order valence-corrected chi connectivity index (χ1v) is 8.65. The zero-order valence-corrected chi connectivity index (χ0v) is 15.0. The molecule has 0 saturated heterocycles. The Balaban J connectivity index is 1.31. The van der Waals surface area contributed by atoms with Gasteiger partial charge in [-0.2, -0.15) is 0 Å². The molecule has 1 aliphatic rings. The lowest BCUT2D eigenvalue weighted by Crippen LogP contribution is -2.21. The van der Waals surface area contributed by atoms with E-state index in [2.05, 4.69) is 5.32 Å². The van der Waals surface area contributed by atoms with Gasteiger partial charge in [-0.15, -0.1) is 0 Å². The van der Waals surface area contributed by atoms with Crippen LogP contribution in [0, 0.1) is 6.92 Å². The number of hydrogen-bond donors (Lipinski definition) is 1. The fourth-order valence-electron chi connectivity index (χ4n) is 2.43. The second kappa shape index (κ2) is 8.93. The smallest absolute Gasteiger partial charge is 0.306 e. The molecule has 0 spiro atoms. The average Bonchev–Trinajstić information content (AvgIpc) is 3.13. The number of ether oxygens (including phenoxy) is 4. The van der Waals surface area contributed by atoms with Crippen molar-refractivity contribution in [2.24, 2.45) is 0 Å². The normalized spacial score (nSPS) is 11.7. The highest BCUT2D eigenvalue weighted by Gasteiger charge is 2.14. The number of aryl methyl sites for hydroxylation is 1. The van der Waals surface area contributed by atoms with Gasteiger partial charge < -0.3 is 24.3 Å². The Kier molecular flexibility index (Phi) is 6.14. The summed E-state index contributed by atoms with van der Waals surface area (Å²) >= 11 is 0. The van der Waals surface area contributed by atoms with E-state index in [0.717, 1.165) is 11.3 Å². The van der Waals surface area contributed by atoms with E-state index in [1.54, 1.807) is 18.2 Å². The summed E-state index contributed by atoms with van der Waals surface area (Å²) in [6, 6.07) is 12.7. The number of anilines is 1. The van der Waals surface area contributed by atoms with Crippen molar-refractivity contribution in [2.45, 2.75) is 19.8 Å². The predicted octanol–water partition coefficient (Wildman–Crippen LogP) is 3.06. The second-order valence-corrected chi connectivity index (χ2v) is 6.04. The Morgan fingerprint density at radius 3 is 2.67 bits per heavy atom. The molecule has 7 heteroatoms. The Bertz CT molecular complexity index is 803. The Labute approximate surface area is 157 Å². The zero-order chi connectivity index (χ0) is 19.1. The van der Waals surface area contributed by atoms with Gasteiger partial charge in [-0.3, -0.25) is 9.59 Å². The van der Waals surface area contributed by atoms with Crippen LogP contribution in [0.2, 0.25) is 0 Å². The van der Waals surface area contributed by atoms with Crippen LogP contribution in [0.1, 0.15) is 18.4 Å². The largest absolute Gasteiger partial charge is 0.494 e. The lowest BCUT2D eigenvalue weighted by atomic mass is 10.2. The summed E-state index contributed by atoms with van der Waals surface area (Å²) < 4.78 is 21.0. The van der Waals surface area contributed by atoms with Crippen molar-refractivity contribution in [3.8, 4) is 17.2 Å². The highest BCUT2D eigenvalue weighted by molar-refractivity contribution is 5.93. The molecule has 1 amide bonds. The summed E-state index contributed by atoms with van der Waals surface area (Å²) in [5.41, 5.74) is 1.71. The van der Waals surface area contributed by atoms with Crippen LogP contribution in [0.25, 0.3) is 0 Å². The first-order valence-electron chi connectivity index (χ1n) is 8.65. The van der Waals surface area contributed by atoms with E-state index in [0.29, 0.717) is 30.2 Å². The molecule has 0 unspecified atom stereocenters. The standard InChI is InChI=1S/C20H21NO6/c1-14-4-7-16(8-5-14)24-10-2-3-20(23)25-12-19(22)21-15-6-9-17-18(11-15)27-13-26-17/h4-9,11H,2-3,10,12-13H2,1H3,(H,21,22). The highest BCUT2D eigenvalue weighted by atomic mass is 16.7. The van der Waals surface area contributed by atoms with Gasteiger partial charge in [0.2, 0.25) is 6.79 Å². The van der Waals surface area contributed by atoms with Crippen LogP contribution in [0.4, 0.5) is 5.69 Å². The summed E-state index contributed by atoms with van der Waals surface area (Å²) in [6.45, 7) is 2.23. The molecule has 1 heterocycles. The molecule has 3 rings (SSSR count). The van der Waals surface area contributed by atoms with Crippen molar-refractivity contribution in [1.82, 2.24) is 0 Å². The number of rotatable bonds is 8. The Morgan fingerprint density at radius 2 is 1.85 bits per heavy atom. The molecule has 1 N–H and O–H groups in total. The van der Waals surface area contributed by atoms with Gasteiger partial charge >= 0.3 is 5.97 Å². The van der Waals surface area contributed by atoms with Crippen LogP contribution in [-0.2, 0) is 14.3 Å². The van der Waals surface area contributed by atoms with Crippen molar-refractivity contribution in [2.75, 3.05) is 25.3 Å². The highest BCUT2D eigenvalue weighted by Crippen LogP contribution is 2.34. The van der Waals surface area contributed by atoms with Crippen molar-refractivity contribution < 1.29 is 28.5 Å². The number of benzene rings is 2. The van der Waals surface area contributed by atoms with Gasteiger partial charge in [0.05, 0.1) is 6.61 Å². The summed E-state index contributed by atoms with van der Waals surface area (Å²) in [6.07, 6.45) is 0.694. The van der Waals surface area contributed by atoms with Gasteiger partial charge in [-0.25, -0.2) is 0 Å². The van der Waals surface area contributed by atoms with Crippen LogP contribution in [0.5, 0.6) is 17.2 Å². The maximum absolute atomic E-state index is 11.9. The minimum absolute atomic E-state index is 0.165. The van der Waals surface area contributed by atoms with E-state index in [4.69, 9.17) is 18.9 Å². The molecule has 142 valence electrons. The number of carbonyl (C=O) groups excluding carboxylic acids is 2. The molecule has 7 nitrogen and oxygen atoms in total. The van der Waals surface area contributed by atoms with Crippen molar-refractivity contribution in [1.29, 1.82) is 0 Å². The molecule has 0 bridgehead atoms. The second-order valence-electron chi connectivity index (χ2n) is 6.04. The van der Waals surface area contributed by atoms with E-state index < -0.39 is 11.9 Å². The molecule has 27 heavy (non-hydrogen) atoms. The molecule has 1 aliphatic heterocycles. The molecule has 0 radical (unpaired) electrons.